The number of hydrogen-bond acceptors (Lipinski definition) is 7. The predicted octanol–water partition coefficient (Wildman–Crippen LogP) is 5.20. The van der Waals surface area contributed by atoms with Crippen LogP contribution in [0.1, 0.15) is 33.6 Å². The van der Waals surface area contributed by atoms with E-state index in [-0.39, 0.29) is 29.1 Å². The molecule has 10 nitrogen and oxygen atoms in total. The monoisotopic (exact) mass is 593 g/mol. The molecule has 1 aliphatic heterocycles. The van der Waals surface area contributed by atoms with E-state index in [0.29, 0.717) is 22.6 Å². The van der Waals surface area contributed by atoms with Crippen LogP contribution in [0.15, 0.2) is 73.1 Å². The number of nitrogens with zero attached hydrogens (tertiary/aromatic N) is 4. The number of para-hydroxylation sites is 1. The minimum Gasteiger partial charge on any atom is -0.404 e. The second-order valence-electron chi connectivity index (χ2n) is 10.2. The van der Waals surface area contributed by atoms with Crippen LogP contribution < -0.4 is 20.7 Å². The van der Waals surface area contributed by atoms with Gasteiger partial charge in [0.05, 0.1) is 22.6 Å². The summed E-state index contributed by atoms with van der Waals surface area (Å²) in [5.41, 5.74) is 1.99. The van der Waals surface area contributed by atoms with Crippen molar-refractivity contribution in [2.75, 3.05) is 30.8 Å². The van der Waals surface area contributed by atoms with Gasteiger partial charge in [-0.25, -0.2) is 9.97 Å². The molecule has 43 heavy (non-hydrogen) atoms. The Morgan fingerprint density at radius 3 is 2.42 bits per heavy atom. The van der Waals surface area contributed by atoms with E-state index in [4.69, 9.17) is 0 Å². The number of carbonyl (C=O) groups is 2. The Balaban J connectivity index is 1.35. The number of likely N-dealkylation sites (tertiary alicyclic amines) is 1. The molecule has 0 bridgehead atoms. The van der Waals surface area contributed by atoms with Gasteiger partial charge < -0.3 is 30.2 Å². The molecule has 1 fully saturated rings. The predicted molar refractivity (Wildman–Crippen MR) is 155 cm³/mol. The largest absolute Gasteiger partial charge is 0.573 e. The number of amides is 2. The number of aromatic nitrogens is 3. The Morgan fingerprint density at radius 2 is 1.70 bits per heavy atom. The number of benzene rings is 2. The zero-order valence-corrected chi connectivity index (χ0v) is 23.5. The van der Waals surface area contributed by atoms with Crippen molar-refractivity contribution in [3.63, 3.8) is 0 Å². The second kappa shape index (κ2) is 12.5. The third-order valence-corrected chi connectivity index (χ3v) is 6.99. The fourth-order valence-corrected chi connectivity index (χ4v) is 4.75. The Hall–Kier alpha value is -4.91. The maximum atomic E-state index is 13.3. The first-order valence-electron chi connectivity index (χ1n) is 13.6. The molecule has 3 N–H and O–H groups in total. The van der Waals surface area contributed by atoms with Gasteiger partial charge in [0.15, 0.2) is 5.75 Å². The van der Waals surface area contributed by atoms with Gasteiger partial charge in [0.25, 0.3) is 11.8 Å². The van der Waals surface area contributed by atoms with Gasteiger partial charge in [-0.05, 0) is 75.4 Å². The van der Waals surface area contributed by atoms with Gasteiger partial charge in [-0.3, -0.25) is 9.59 Å². The Morgan fingerprint density at radius 1 is 0.953 bits per heavy atom. The highest BCUT2D eigenvalue weighted by Gasteiger charge is 2.33. The van der Waals surface area contributed by atoms with E-state index in [0.717, 1.165) is 32.0 Å². The first kappa shape index (κ1) is 29.6. The van der Waals surface area contributed by atoms with Crippen molar-refractivity contribution in [2.24, 2.45) is 7.05 Å². The molecule has 5 rings (SSSR count). The standard InChI is InChI=1S/C30H30F3N7O3/c1-39-14-11-22(12-15-39)36-27(41)19-8-9-24(26(17-19)43-30(31,32)33)38-29-34-13-10-23(37-29)25-16-20(18-40(25)2)28(42)35-21-6-4-3-5-7-21/h3-10,13,16-18,22H,11-12,14-15H2,1-2H3,(H,35,42)(H,36,41)(H,34,37,38). The molecule has 0 spiro atoms. The third kappa shape index (κ3) is 7.68. The fraction of sp³-hybridized carbons (Fsp3) is 0.267. The van der Waals surface area contributed by atoms with Crippen molar-refractivity contribution in [3.05, 3.63) is 84.2 Å². The van der Waals surface area contributed by atoms with E-state index < -0.39 is 18.0 Å². The molecule has 4 aromatic rings. The number of aryl methyl sites for hydroxylation is 1. The molecule has 1 saturated heterocycles. The first-order chi connectivity index (χ1) is 20.5. The van der Waals surface area contributed by atoms with Crippen molar-refractivity contribution in [3.8, 4) is 17.1 Å². The van der Waals surface area contributed by atoms with Crippen LogP contribution in [0.5, 0.6) is 5.75 Å². The summed E-state index contributed by atoms with van der Waals surface area (Å²) in [5.74, 6) is -1.41. The van der Waals surface area contributed by atoms with Crippen LogP contribution in [0.25, 0.3) is 11.4 Å². The normalized spacial score (nSPS) is 14.3. The summed E-state index contributed by atoms with van der Waals surface area (Å²) < 4.78 is 45.9. The lowest BCUT2D eigenvalue weighted by Gasteiger charge is -2.29. The molecule has 1 aliphatic rings. The van der Waals surface area contributed by atoms with Gasteiger partial charge in [0.1, 0.15) is 0 Å². The summed E-state index contributed by atoms with van der Waals surface area (Å²) in [4.78, 5) is 36.3. The lowest BCUT2D eigenvalue weighted by atomic mass is 10.0. The molecule has 0 saturated carbocycles. The van der Waals surface area contributed by atoms with Crippen molar-refractivity contribution >= 4 is 29.1 Å². The number of anilines is 3. The van der Waals surface area contributed by atoms with E-state index >= 15 is 0 Å². The minimum atomic E-state index is -5.00. The van der Waals surface area contributed by atoms with Crippen molar-refractivity contribution in [1.29, 1.82) is 0 Å². The zero-order chi connectivity index (χ0) is 30.6. The molecule has 2 aromatic carbocycles. The number of carbonyl (C=O) groups excluding carboxylic acids is 2. The van der Waals surface area contributed by atoms with Crippen molar-refractivity contribution in [2.45, 2.75) is 25.2 Å². The van der Waals surface area contributed by atoms with E-state index in [1.165, 1.54) is 18.3 Å². The van der Waals surface area contributed by atoms with Crippen LogP contribution in [0.4, 0.5) is 30.5 Å². The molecule has 0 unspecified atom stereocenters. The van der Waals surface area contributed by atoms with E-state index in [2.05, 4.69) is 35.6 Å². The van der Waals surface area contributed by atoms with Gasteiger partial charge >= 0.3 is 6.36 Å². The average Bonchev–Trinajstić information content (AvgIpc) is 3.37. The zero-order valence-electron chi connectivity index (χ0n) is 23.5. The molecule has 3 heterocycles. The van der Waals surface area contributed by atoms with Gasteiger partial charge in [-0.1, -0.05) is 18.2 Å². The van der Waals surface area contributed by atoms with Gasteiger partial charge in [-0.15, -0.1) is 13.2 Å². The van der Waals surface area contributed by atoms with Crippen LogP contribution in [-0.4, -0.2) is 63.8 Å². The highest BCUT2D eigenvalue weighted by molar-refractivity contribution is 6.05. The SMILES string of the molecule is CN1CCC(NC(=O)c2ccc(Nc3nccc(-c4cc(C(=O)Nc5ccccc5)cn4C)n3)c(OC(F)(F)F)c2)CC1. The molecule has 13 heteroatoms. The number of piperidine rings is 1. The summed E-state index contributed by atoms with van der Waals surface area (Å²) >= 11 is 0. The smallest absolute Gasteiger partial charge is 0.404 e. The molecule has 2 aromatic heterocycles. The lowest BCUT2D eigenvalue weighted by Crippen LogP contribution is -2.43. The lowest BCUT2D eigenvalue weighted by molar-refractivity contribution is -0.274. The quantitative estimate of drug-likeness (QED) is 0.257. The number of rotatable bonds is 8. The van der Waals surface area contributed by atoms with Crippen LogP contribution in [0.3, 0.4) is 0 Å². The second-order valence-corrected chi connectivity index (χ2v) is 10.2. The summed E-state index contributed by atoms with van der Waals surface area (Å²) in [6.45, 7) is 1.64. The average molecular weight is 594 g/mol. The summed E-state index contributed by atoms with van der Waals surface area (Å²) in [6, 6.07) is 16.0. The van der Waals surface area contributed by atoms with E-state index in [9.17, 15) is 22.8 Å². The van der Waals surface area contributed by atoms with E-state index in [1.807, 2.05) is 25.2 Å². The number of halogens is 3. The molecule has 224 valence electrons. The molecule has 0 radical (unpaired) electrons. The highest BCUT2D eigenvalue weighted by Crippen LogP contribution is 2.33. The van der Waals surface area contributed by atoms with Crippen molar-refractivity contribution < 1.29 is 27.5 Å². The number of nitrogens with one attached hydrogen (secondary N) is 3. The van der Waals surface area contributed by atoms with Gasteiger partial charge in [-0.2, -0.15) is 0 Å². The summed E-state index contributed by atoms with van der Waals surface area (Å²) in [7, 11) is 3.74. The Bertz CT molecular complexity index is 1600. The first-order valence-corrected chi connectivity index (χ1v) is 13.6. The van der Waals surface area contributed by atoms with Crippen LogP contribution >= 0.6 is 0 Å². The number of ether oxygens (including phenoxy) is 1. The van der Waals surface area contributed by atoms with Crippen molar-refractivity contribution in [1.82, 2.24) is 24.8 Å². The Kier molecular flexibility index (Phi) is 8.62. The number of hydrogen-bond donors (Lipinski definition) is 3. The summed E-state index contributed by atoms with van der Waals surface area (Å²) in [5, 5.41) is 8.48. The maximum absolute atomic E-state index is 13.3. The fourth-order valence-electron chi connectivity index (χ4n) is 4.75. The topological polar surface area (TPSA) is 113 Å². The number of alkyl halides is 3. The summed E-state index contributed by atoms with van der Waals surface area (Å²) in [6.07, 6.45) is -0.409. The van der Waals surface area contributed by atoms with Gasteiger partial charge in [0, 0.05) is 36.7 Å². The molecular formula is C30H30F3N7O3. The molecule has 2 amide bonds. The van der Waals surface area contributed by atoms with Crippen LogP contribution in [-0.2, 0) is 7.05 Å². The van der Waals surface area contributed by atoms with Gasteiger partial charge in [0.2, 0.25) is 5.95 Å². The van der Waals surface area contributed by atoms with Crippen LogP contribution in [0.2, 0.25) is 0 Å². The third-order valence-electron chi connectivity index (χ3n) is 6.99. The Labute approximate surface area is 245 Å². The molecular weight excluding hydrogens is 563 g/mol. The minimum absolute atomic E-state index is 0.00969. The maximum Gasteiger partial charge on any atom is 0.573 e. The molecule has 0 aliphatic carbocycles. The van der Waals surface area contributed by atoms with Crippen LogP contribution in [0, 0.1) is 0 Å². The highest BCUT2D eigenvalue weighted by atomic mass is 19.4. The van der Waals surface area contributed by atoms with E-state index in [1.54, 1.807) is 42.1 Å². The molecule has 0 atom stereocenters.